The summed E-state index contributed by atoms with van der Waals surface area (Å²) in [6, 6.07) is 6.51. The van der Waals surface area contributed by atoms with Crippen LogP contribution in [0.15, 0.2) is 24.3 Å². The molecule has 1 aromatic carbocycles. The molecule has 3 nitrogen and oxygen atoms in total. The van der Waals surface area contributed by atoms with Crippen molar-refractivity contribution in [3.05, 3.63) is 35.6 Å². The quantitative estimate of drug-likeness (QED) is 0.787. The molecule has 15 heavy (non-hydrogen) atoms. The maximum Gasteiger partial charge on any atom is 0.211 e. The lowest BCUT2D eigenvalue weighted by Gasteiger charge is -2.23. The Bertz CT molecular complexity index is 444. The molecule has 0 aromatic heterocycles. The van der Waals surface area contributed by atoms with E-state index >= 15 is 0 Å². The topological polar surface area (TPSA) is 46.2 Å². The third-order valence-corrected chi connectivity index (χ3v) is 4.01. The van der Waals surface area contributed by atoms with Gasteiger partial charge < -0.3 is 0 Å². The summed E-state index contributed by atoms with van der Waals surface area (Å²) in [5.74, 6) is -0.232. The van der Waals surface area contributed by atoms with E-state index in [9.17, 15) is 12.8 Å². The molecule has 0 aliphatic carbocycles. The van der Waals surface area contributed by atoms with Crippen LogP contribution in [0.5, 0.6) is 0 Å². The lowest BCUT2D eigenvalue weighted by Crippen LogP contribution is -2.37. The van der Waals surface area contributed by atoms with Gasteiger partial charge in [-0.15, -0.1) is 0 Å². The molecule has 1 atom stereocenters. The van der Waals surface area contributed by atoms with Crippen molar-refractivity contribution in [3.8, 4) is 0 Å². The fraction of sp³-hybridized carbons (Fsp3) is 0.400. The maximum atomic E-state index is 13.4. The Labute approximate surface area is 88.4 Å². The molecule has 1 aromatic rings. The minimum atomic E-state index is -3.11. The van der Waals surface area contributed by atoms with Crippen molar-refractivity contribution in [2.75, 3.05) is 12.3 Å². The lowest BCUT2D eigenvalue weighted by molar-refractivity contribution is 0.517. The summed E-state index contributed by atoms with van der Waals surface area (Å²) < 4.78 is 38.0. The zero-order valence-corrected chi connectivity index (χ0v) is 8.93. The molecule has 1 aliphatic heterocycles. The fourth-order valence-corrected chi connectivity index (χ4v) is 2.97. The van der Waals surface area contributed by atoms with Crippen molar-refractivity contribution < 1.29 is 12.8 Å². The predicted molar refractivity (Wildman–Crippen MR) is 55.5 cm³/mol. The Morgan fingerprint density at radius 3 is 2.67 bits per heavy atom. The molecule has 2 rings (SSSR count). The number of hydrogen-bond donors (Lipinski definition) is 1. The smallest absolute Gasteiger partial charge is 0.211 e. The minimum absolute atomic E-state index is 0.0466. The highest BCUT2D eigenvalue weighted by molar-refractivity contribution is 7.89. The fourth-order valence-electron chi connectivity index (χ4n) is 1.77. The zero-order valence-electron chi connectivity index (χ0n) is 8.11. The van der Waals surface area contributed by atoms with Crippen LogP contribution in [-0.2, 0) is 10.0 Å². The first-order chi connectivity index (χ1) is 7.08. The first kappa shape index (κ1) is 10.6. The standard InChI is InChI=1S/C10H12FNO2S/c11-10-4-2-1-3-9(10)8-5-6-15(13,14)12-7-8/h1-4,8,12H,5-7H2. The summed E-state index contributed by atoms with van der Waals surface area (Å²) in [6.45, 7) is 0.295. The molecule has 0 radical (unpaired) electrons. The summed E-state index contributed by atoms with van der Waals surface area (Å²) in [4.78, 5) is 0. The van der Waals surface area contributed by atoms with Crippen LogP contribution in [0, 0.1) is 5.82 Å². The molecule has 0 spiro atoms. The lowest BCUT2D eigenvalue weighted by atomic mass is 9.96. The van der Waals surface area contributed by atoms with Crippen LogP contribution in [0.4, 0.5) is 4.39 Å². The van der Waals surface area contributed by atoms with Crippen molar-refractivity contribution in [2.45, 2.75) is 12.3 Å². The molecule has 1 N–H and O–H groups in total. The monoisotopic (exact) mass is 229 g/mol. The molecule has 1 aliphatic rings. The second-order valence-electron chi connectivity index (χ2n) is 3.67. The summed E-state index contributed by atoms with van der Waals surface area (Å²) >= 11 is 0. The van der Waals surface area contributed by atoms with Crippen LogP contribution in [0.1, 0.15) is 17.9 Å². The molecular formula is C10H12FNO2S. The summed E-state index contributed by atoms with van der Waals surface area (Å²) in [6.07, 6.45) is 0.482. The van der Waals surface area contributed by atoms with E-state index in [2.05, 4.69) is 4.72 Å². The minimum Gasteiger partial charge on any atom is -0.215 e. The molecule has 1 saturated heterocycles. The number of rotatable bonds is 1. The van der Waals surface area contributed by atoms with Gasteiger partial charge in [0.25, 0.3) is 0 Å². The number of sulfonamides is 1. The number of hydrogen-bond acceptors (Lipinski definition) is 2. The molecule has 0 amide bonds. The molecule has 5 heteroatoms. The Morgan fingerprint density at radius 1 is 1.33 bits per heavy atom. The van der Waals surface area contributed by atoms with E-state index in [1.807, 2.05) is 0 Å². The molecular weight excluding hydrogens is 217 g/mol. The zero-order chi connectivity index (χ0) is 10.9. The molecule has 0 bridgehead atoms. The van der Waals surface area contributed by atoms with Crippen LogP contribution in [0.25, 0.3) is 0 Å². The Hall–Kier alpha value is -0.940. The molecule has 1 unspecified atom stereocenters. The van der Waals surface area contributed by atoms with Gasteiger partial charge in [0.2, 0.25) is 10.0 Å². The highest BCUT2D eigenvalue weighted by atomic mass is 32.2. The van der Waals surface area contributed by atoms with Crippen molar-refractivity contribution in [3.63, 3.8) is 0 Å². The third-order valence-electron chi connectivity index (χ3n) is 2.63. The second kappa shape index (κ2) is 3.90. The first-order valence-corrected chi connectivity index (χ1v) is 6.45. The van der Waals surface area contributed by atoms with Gasteiger partial charge in [-0.25, -0.2) is 17.5 Å². The Balaban J connectivity index is 2.18. The van der Waals surface area contributed by atoms with E-state index < -0.39 is 10.0 Å². The van der Waals surface area contributed by atoms with E-state index in [0.717, 1.165) is 0 Å². The highest BCUT2D eigenvalue weighted by Gasteiger charge is 2.25. The molecule has 1 heterocycles. The maximum absolute atomic E-state index is 13.4. The van der Waals surface area contributed by atoms with E-state index in [-0.39, 0.29) is 17.5 Å². The third kappa shape index (κ3) is 2.35. The average Bonchev–Trinajstić information content (AvgIpc) is 2.19. The van der Waals surface area contributed by atoms with Crippen molar-refractivity contribution in [2.24, 2.45) is 0 Å². The van der Waals surface area contributed by atoms with Crippen molar-refractivity contribution in [1.29, 1.82) is 0 Å². The van der Waals surface area contributed by atoms with Gasteiger partial charge in [0.05, 0.1) is 5.75 Å². The largest absolute Gasteiger partial charge is 0.215 e. The second-order valence-corrected chi connectivity index (χ2v) is 5.60. The van der Waals surface area contributed by atoms with Crippen LogP contribution < -0.4 is 4.72 Å². The van der Waals surface area contributed by atoms with Crippen LogP contribution in [-0.4, -0.2) is 20.7 Å². The van der Waals surface area contributed by atoms with Gasteiger partial charge in [-0.1, -0.05) is 18.2 Å². The number of nitrogens with one attached hydrogen (secondary N) is 1. The van der Waals surface area contributed by atoms with Gasteiger partial charge >= 0.3 is 0 Å². The van der Waals surface area contributed by atoms with Gasteiger partial charge in [-0.2, -0.15) is 0 Å². The van der Waals surface area contributed by atoms with Crippen LogP contribution >= 0.6 is 0 Å². The van der Waals surface area contributed by atoms with Crippen LogP contribution in [0.3, 0.4) is 0 Å². The SMILES string of the molecule is O=S1(=O)CCC(c2ccccc2F)CN1. The summed E-state index contributed by atoms with van der Waals surface area (Å²) in [5.41, 5.74) is 0.597. The first-order valence-electron chi connectivity index (χ1n) is 4.80. The Morgan fingerprint density at radius 2 is 2.07 bits per heavy atom. The van der Waals surface area contributed by atoms with Gasteiger partial charge in [-0.05, 0) is 18.1 Å². The van der Waals surface area contributed by atoms with Crippen LogP contribution in [0.2, 0.25) is 0 Å². The van der Waals surface area contributed by atoms with E-state index in [0.29, 0.717) is 18.5 Å². The summed E-state index contributed by atoms with van der Waals surface area (Å²) in [5, 5.41) is 0. The normalized spacial score (nSPS) is 25.0. The molecule has 0 saturated carbocycles. The van der Waals surface area contributed by atoms with Gasteiger partial charge in [0.15, 0.2) is 0 Å². The van der Waals surface area contributed by atoms with Gasteiger partial charge in [0.1, 0.15) is 5.82 Å². The van der Waals surface area contributed by atoms with E-state index in [4.69, 9.17) is 0 Å². The summed E-state index contributed by atoms with van der Waals surface area (Å²) in [7, 11) is -3.11. The molecule has 82 valence electrons. The van der Waals surface area contributed by atoms with Crippen molar-refractivity contribution >= 4 is 10.0 Å². The number of benzene rings is 1. The van der Waals surface area contributed by atoms with E-state index in [1.54, 1.807) is 18.2 Å². The van der Waals surface area contributed by atoms with Gasteiger partial charge in [0, 0.05) is 12.5 Å². The van der Waals surface area contributed by atoms with E-state index in [1.165, 1.54) is 6.07 Å². The average molecular weight is 229 g/mol. The van der Waals surface area contributed by atoms with Crippen molar-refractivity contribution in [1.82, 2.24) is 4.72 Å². The predicted octanol–water partition coefficient (Wildman–Crippen LogP) is 1.23. The van der Waals surface area contributed by atoms with Gasteiger partial charge in [-0.3, -0.25) is 0 Å². The molecule has 1 fully saturated rings. The highest BCUT2D eigenvalue weighted by Crippen LogP contribution is 2.24. The number of halogens is 1. The Kier molecular flexibility index (Phi) is 2.75.